The van der Waals surface area contributed by atoms with Gasteiger partial charge < -0.3 is 14.2 Å². The summed E-state index contributed by atoms with van der Waals surface area (Å²) in [4.78, 5) is 33.4. The molecule has 164 valence electrons. The van der Waals surface area contributed by atoms with Crippen LogP contribution in [0, 0.1) is 13.8 Å². The van der Waals surface area contributed by atoms with E-state index in [0.717, 1.165) is 28.1 Å². The molecule has 0 bridgehead atoms. The molecule has 0 saturated heterocycles. The van der Waals surface area contributed by atoms with Gasteiger partial charge in [-0.3, -0.25) is 13.9 Å². The maximum Gasteiger partial charge on any atom is 0.332 e. The first-order valence-corrected chi connectivity index (χ1v) is 10.6. The molecule has 0 spiro atoms. The summed E-state index contributed by atoms with van der Waals surface area (Å²) < 4.78 is 9.95. The monoisotopic (exact) mass is 431 g/mol. The van der Waals surface area contributed by atoms with E-state index >= 15 is 0 Å². The number of imidazole rings is 1. The van der Waals surface area contributed by atoms with Gasteiger partial charge in [0.05, 0.1) is 13.7 Å². The van der Waals surface area contributed by atoms with Gasteiger partial charge >= 0.3 is 5.69 Å². The first kappa shape index (κ1) is 20.1. The standard InChI is InChI=1S/C24H25N5O3/c1-15-5-6-16(2)17(13-15)14-29-22(30)20-21(26(3)24(29)31)25-23-27(11-12-28(20)23)18-7-9-19(32-4)10-8-18/h5-10,13H,11-12,14H2,1-4H3. The third-order valence-electron chi connectivity index (χ3n) is 6.22. The largest absolute Gasteiger partial charge is 0.497 e. The quantitative estimate of drug-likeness (QED) is 0.497. The first-order valence-electron chi connectivity index (χ1n) is 10.6. The lowest BCUT2D eigenvalue weighted by molar-refractivity contribution is 0.415. The lowest BCUT2D eigenvalue weighted by atomic mass is 10.1. The lowest BCUT2D eigenvalue weighted by Gasteiger charge is -2.16. The maximum absolute atomic E-state index is 13.5. The van der Waals surface area contributed by atoms with Crippen LogP contribution in [0.5, 0.6) is 5.75 Å². The second-order valence-electron chi connectivity index (χ2n) is 8.25. The number of rotatable bonds is 4. The van der Waals surface area contributed by atoms with Gasteiger partial charge in [-0.15, -0.1) is 0 Å². The van der Waals surface area contributed by atoms with Crippen LogP contribution in [0.1, 0.15) is 16.7 Å². The lowest BCUT2D eigenvalue weighted by Crippen LogP contribution is -2.40. The number of aryl methyl sites for hydroxylation is 3. The Morgan fingerprint density at radius 3 is 2.50 bits per heavy atom. The summed E-state index contributed by atoms with van der Waals surface area (Å²) >= 11 is 0. The number of aromatic nitrogens is 4. The molecule has 0 aliphatic carbocycles. The van der Waals surface area contributed by atoms with Crippen molar-refractivity contribution in [2.75, 3.05) is 18.6 Å². The summed E-state index contributed by atoms with van der Waals surface area (Å²) in [5.41, 5.74) is 4.26. The molecule has 8 nitrogen and oxygen atoms in total. The van der Waals surface area contributed by atoms with E-state index in [2.05, 4.69) is 4.90 Å². The Hall–Kier alpha value is -3.81. The van der Waals surface area contributed by atoms with Crippen LogP contribution in [0.3, 0.4) is 0 Å². The van der Waals surface area contributed by atoms with Gasteiger partial charge in [0.2, 0.25) is 5.95 Å². The van der Waals surface area contributed by atoms with Crippen LogP contribution in [0.2, 0.25) is 0 Å². The molecule has 3 heterocycles. The van der Waals surface area contributed by atoms with E-state index in [-0.39, 0.29) is 17.8 Å². The summed E-state index contributed by atoms with van der Waals surface area (Å²) in [5, 5.41) is 0. The van der Waals surface area contributed by atoms with Crippen molar-refractivity contribution in [1.29, 1.82) is 0 Å². The van der Waals surface area contributed by atoms with E-state index in [4.69, 9.17) is 9.72 Å². The molecule has 1 aliphatic heterocycles. The van der Waals surface area contributed by atoms with E-state index < -0.39 is 0 Å². The molecule has 0 fully saturated rings. The smallest absolute Gasteiger partial charge is 0.332 e. The molecule has 0 atom stereocenters. The highest BCUT2D eigenvalue weighted by molar-refractivity contribution is 5.77. The number of hydrogen-bond donors (Lipinski definition) is 0. The minimum atomic E-state index is -0.365. The molecular formula is C24H25N5O3. The SMILES string of the molecule is COc1ccc(N2CCn3c2nc2c3c(=O)n(Cc3cc(C)ccc3C)c(=O)n2C)cc1. The van der Waals surface area contributed by atoms with Crippen molar-refractivity contribution in [3.63, 3.8) is 0 Å². The van der Waals surface area contributed by atoms with Crippen LogP contribution >= 0.6 is 0 Å². The highest BCUT2D eigenvalue weighted by atomic mass is 16.5. The van der Waals surface area contributed by atoms with Gasteiger partial charge in [0.15, 0.2) is 11.2 Å². The highest BCUT2D eigenvalue weighted by Gasteiger charge is 2.28. The molecular weight excluding hydrogens is 406 g/mol. The van der Waals surface area contributed by atoms with Crippen molar-refractivity contribution in [2.24, 2.45) is 7.05 Å². The number of benzene rings is 2. The predicted octanol–water partition coefficient (Wildman–Crippen LogP) is 2.72. The third-order valence-corrected chi connectivity index (χ3v) is 6.22. The fraction of sp³-hybridized carbons (Fsp3) is 0.292. The van der Waals surface area contributed by atoms with E-state index in [1.807, 2.05) is 60.9 Å². The molecule has 1 aliphatic rings. The second-order valence-corrected chi connectivity index (χ2v) is 8.25. The number of anilines is 2. The van der Waals surface area contributed by atoms with Gasteiger partial charge in [-0.05, 0) is 49.2 Å². The van der Waals surface area contributed by atoms with Gasteiger partial charge in [0, 0.05) is 25.8 Å². The number of hydrogen-bond acceptors (Lipinski definition) is 5. The number of nitrogens with zero attached hydrogens (tertiary/aromatic N) is 5. The predicted molar refractivity (Wildman–Crippen MR) is 124 cm³/mol. The van der Waals surface area contributed by atoms with Crippen LogP contribution < -0.4 is 20.9 Å². The van der Waals surface area contributed by atoms with Crippen LogP contribution in [0.15, 0.2) is 52.1 Å². The number of fused-ring (bicyclic) bond motifs is 3. The fourth-order valence-corrected chi connectivity index (χ4v) is 4.37. The number of methoxy groups -OCH3 is 1. The van der Waals surface area contributed by atoms with Crippen molar-refractivity contribution in [3.05, 3.63) is 80.0 Å². The Kier molecular flexibility index (Phi) is 4.65. The van der Waals surface area contributed by atoms with Crippen molar-refractivity contribution in [2.45, 2.75) is 26.9 Å². The second kappa shape index (κ2) is 7.40. The molecule has 0 N–H and O–H groups in total. The average molecular weight is 431 g/mol. The molecule has 4 aromatic rings. The third kappa shape index (κ3) is 3.02. The normalized spacial score (nSPS) is 13.1. The van der Waals surface area contributed by atoms with Gasteiger partial charge in [-0.25, -0.2) is 4.79 Å². The average Bonchev–Trinajstić information content (AvgIpc) is 3.37. The van der Waals surface area contributed by atoms with Crippen LogP contribution in [0.4, 0.5) is 11.6 Å². The zero-order chi connectivity index (χ0) is 22.6. The van der Waals surface area contributed by atoms with Crippen LogP contribution in [-0.4, -0.2) is 32.3 Å². The molecule has 0 unspecified atom stereocenters. The molecule has 5 rings (SSSR count). The molecule has 0 radical (unpaired) electrons. The molecule has 32 heavy (non-hydrogen) atoms. The minimum absolute atomic E-state index is 0.234. The zero-order valence-electron chi connectivity index (χ0n) is 18.6. The van der Waals surface area contributed by atoms with E-state index in [1.54, 1.807) is 14.2 Å². The Balaban J connectivity index is 1.65. The topological polar surface area (TPSA) is 74.3 Å². The summed E-state index contributed by atoms with van der Waals surface area (Å²) in [6.45, 7) is 5.55. The highest BCUT2D eigenvalue weighted by Crippen LogP contribution is 2.32. The zero-order valence-corrected chi connectivity index (χ0v) is 18.6. The fourth-order valence-electron chi connectivity index (χ4n) is 4.37. The molecule has 2 aromatic heterocycles. The van der Waals surface area contributed by atoms with Crippen molar-refractivity contribution in [1.82, 2.24) is 18.7 Å². The van der Waals surface area contributed by atoms with E-state index in [1.165, 1.54) is 9.13 Å². The van der Waals surface area contributed by atoms with Crippen LogP contribution in [0.25, 0.3) is 11.2 Å². The van der Waals surface area contributed by atoms with Crippen molar-refractivity contribution in [3.8, 4) is 5.75 Å². The summed E-state index contributed by atoms with van der Waals surface area (Å²) in [7, 11) is 3.30. The molecule has 0 amide bonds. The number of ether oxygens (including phenoxy) is 1. The van der Waals surface area contributed by atoms with Gasteiger partial charge in [-0.2, -0.15) is 4.98 Å². The minimum Gasteiger partial charge on any atom is -0.497 e. The van der Waals surface area contributed by atoms with Crippen LogP contribution in [-0.2, 0) is 20.1 Å². The summed E-state index contributed by atoms with van der Waals surface area (Å²) in [5.74, 6) is 1.44. The Labute approximate surface area is 184 Å². The molecule has 8 heteroatoms. The van der Waals surface area contributed by atoms with Gasteiger partial charge in [0.1, 0.15) is 5.75 Å². The summed E-state index contributed by atoms with van der Waals surface area (Å²) in [6.07, 6.45) is 0. The Morgan fingerprint density at radius 2 is 1.78 bits per heavy atom. The van der Waals surface area contributed by atoms with Gasteiger partial charge in [-0.1, -0.05) is 23.8 Å². The van der Waals surface area contributed by atoms with Gasteiger partial charge in [0.25, 0.3) is 5.56 Å². The van der Waals surface area contributed by atoms with Crippen molar-refractivity contribution < 1.29 is 4.74 Å². The Morgan fingerprint density at radius 1 is 1.03 bits per heavy atom. The van der Waals surface area contributed by atoms with Crippen molar-refractivity contribution >= 4 is 22.8 Å². The Bertz CT molecular complexity index is 1460. The van der Waals surface area contributed by atoms with E-state index in [9.17, 15) is 9.59 Å². The van der Waals surface area contributed by atoms with E-state index in [0.29, 0.717) is 30.2 Å². The maximum atomic E-state index is 13.5. The summed E-state index contributed by atoms with van der Waals surface area (Å²) in [6, 6.07) is 13.8. The molecule has 0 saturated carbocycles. The molecule has 2 aromatic carbocycles. The first-order chi connectivity index (χ1) is 15.4.